The van der Waals surface area contributed by atoms with E-state index in [9.17, 15) is 9.59 Å². The quantitative estimate of drug-likeness (QED) is 0.620. The van der Waals surface area contributed by atoms with Gasteiger partial charge in [0.1, 0.15) is 11.5 Å². The van der Waals surface area contributed by atoms with Crippen molar-refractivity contribution in [1.29, 1.82) is 0 Å². The summed E-state index contributed by atoms with van der Waals surface area (Å²) in [5.74, 6) is -0.646. The first-order chi connectivity index (χ1) is 9.25. The lowest BCUT2D eigenvalue weighted by molar-refractivity contribution is -0.134. The van der Waals surface area contributed by atoms with Gasteiger partial charge in [0.05, 0.1) is 19.2 Å². The molecule has 0 saturated carbocycles. The molecule has 0 fully saturated rings. The van der Waals surface area contributed by atoms with Crippen molar-refractivity contribution < 1.29 is 14.3 Å². The highest BCUT2D eigenvalue weighted by Crippen LogP contribution is 2.26. The fraction of sp³-hybridized carbons (Fsp3) is 0.400. The Bertz CT molecular complexity index is 544. The molecule has 0 spiro atoms. The van der Waals surface area contributed by atoms with Crippen LogP contribution in [0.2, 0.25) is 0 Å². The molecule has 0 heterocycles. The van der Waals surface area contributed by atoms with Gasteiger partial charge in [-0.3, -0.25) is 4.79 Å². The van der Waals surface area contributed by atoms with Crippen LogP contribution in [0.1, 0.15) is 27.2 Å². The van der Waals surface area contributed by atoms with Gasteiger partial charge in [-0.05, 0) is 28.1 Å². The molecule has 108 valence electrons. The second-order valence-electron chi connectivity index (χ2n) is 5.35. The molecule has 1 aromatic rings. The van der Waals surface area contributed by atoms with Crippen molar-refractivity contribution in [3.8, 4) is 0 Å². The van der Waals surface area contributed by atoms with Crippen LogP contribution in [-0.4, -0.2) is 24.6 Å². The Balaban J connectivity index is 3.11. The number of benzene rings is 1. The third-order valence-electron chi connectivity index (χ3n) is 2.69. The highest BCUT2D eigenvalue weighted by molar-refractivity contribution is 9.10. The van der Waals surface area contributed by atoms with Crippen LogP contribution < -0.4 is 0 Å². The molecule has 0 saturated heterocycles. The molecular formula is C15H18BrNO3. The molecule has 0 bridgehead atoms. The van der Waals surface area contributed by atoms with Gasteiger partial charge in [-0.25, -0.2) is 9.79 Å². The van der Waals surface area contributed by atoms with Crippen LogP contribution >= 0.6 is 15.9 Å². The zero-order valence-corrected chi connectivity index (χ0v) is 13.7. The fourth-order valence-corrected chi connectivity index (χ4v) is 1.75. The molecule has 0 N–H and O–H groups in total. The number of rotatable bonds is 4. The fourth-order valence-electron chi connectivity index (χ4n) is 1.38. The first kappa shape index (κ1) is 16.6. The Morgan fingerprint density at radius 3 is 2.35 bits per heavy atom. The molecule has 4 nitrogen and oxygen atoms in total. The summed E-state index contributed by atoms with van der Waals surface area (Å²) in [4.78, 5) is 28.1. The van der Waals surface area contributed by atoms with Gasteiger partial charge in [0.25, 0.3) is 0 Å². The summed E-state index contributed by atoms with van der Waals surface area (Å²) in [6.07, 6.45) is -0.0441. The SMILES string of the molecule is COC(=O)C(CC(=O)C(C)(C)C)=Nc1ccccc1Br. The van der Waals surface area contributed by atoms with E-state index in [0.717, 1.165) is 4.47 Å². The number of carbonyl (C=O) groups excluding carboxylic acids is 2. The third-order valence-corrected chi connectivity index (χ3v) is 3.36. The summed E-state index contributed by atoms with van der Waals surface area (Å²) in [6.45, 7) is 5.42. The number of aliphatic imine (C=N–C) groups is 1. The highest BCUT2D eigenvalue weighted by Gasteiger charge is 2.26. The predicted octanol–water partition coefficient (Wildman–Crippen LogP) is 3.70. The Kier molecular flexibility index (Phi) is 5.62. The Hall–Kier alpha value is -1.49. The number of ether oxygens (including phenoxy) is 1. The van der Waals surface area contributed by atoms with E-state index in [-0.39, 0.29) is 17.9 Å². The van der Waals surface area contributed by atoms with Crippen LogP contribution in [0.3, 0.4) is 0 Å². The van der Waals surface area contributed by atoms with Crippen molar-refractivity contribution in [1.82, 2.24) is 0 Å². The first-order valence-corrected chi connectivity index (χ1v) is 6.98. The van der Waals surface area contributed by atoms with Crippen LogP contribution in [-0.2, 0) is 14.3 Å². The molecule has 0 aliphatic rings. The second-order valence-corrected chi connectivity index (χ2v) is 6.21. The summed E-state index contributed by atoms with van der Waals surface area (Å²) in [7, 11) is 1.28. The van der Waals surface area contributed by atoms with Gasteiger partial charge in [-0.15, -0.1) is 0 Å². The number of ketones is 1. The number of Topliss-reactive ketones (excluding diaryl/α,β-unsaturated/α-hetero) is 1. The number of para-hydroxylation sites is 1. The second kappa shape index (κ2) is 6.79. The van der Waals surface area contributed by atoms with Crippen LogP contribution in [0.5, 0.6) is 0 Å². The van der Waals surface area contributed by atoms with Gasteiger partial charge in [0.15, 0.2) is 0 Å². The molecule has 1 rings (SSSR count). The number of esters is 1. The molecule has 0 aromatic heterocycles. The summed E-state index contributed by atoms with van der Waals surface area (Å²) in [5, 5.41) is 0. The van der Waals surface area contributed by atoms with E-state index in [1.807, 2.05) is 39.0 Å². The Morgan fingerprint density at radius 1 is 1.25 bits per heavy atom. The van der Waals surface area contributed by atoms with Crippen molar-refractivity contribution in [2.75, 3.05) is 7.11 Å². The minimum Gasteiger partial charge on any atom is -0.465 e. The molecule has 20 heavy (non-hydrogen) atoms. The van der Waals surface area contributed by atoms with E-state index in [4.69, 9.17) is 4.74 Å². The summed E-state index contributed by atoms with van der Waals surface area (Å²) < 4.78 is 5.46. The average Bonchev–Trinajstić information content (AvgIpc) is 2.38. The number of nitrogens with zero attached hydrogens (tertiary/aromatic N) is 1. The molecular weight excluding hydrogens is 322 g/mol. The van der Waals surface area contributed by atoms with Gasteiger partial charge >= 0.3 is 5.97 Å². The topological polar surface area (TPSA) is 55.7 Å². The van der Waals surface area contributed by atoms with Crippen molar-refractivity contribution in [3.05, 3.63) is 28.7 Å². The van der Waals surface area contributed by atoms with E-state index in [1.165, 1.54) is 7.11 Å². The van der Waals surface area contributed by atoms with E-state index in [1.54, 1.807) is 6.07 Å². The summed E-state index contributed by atoms with van der Waals surface area (Å²) in [5.41, 5.74) is 0.178. The van der Waals surface area contributed by atoms with Crippen LogP contribution in [0.25, 0.3) is 0 Å². The zero-order valence-electron chi connectivity index (χ0n) is 12.1. The molecule has 0 radical (unpaired) electrons. The number of hydrogen-bond donors (Lipinski definition) is 0. The maximum atomic E-state index is 12.1. The smallest absolute Gasteiger partial charge is 0.352 e. The van der Waals surface area contributed by atoms with Gasteiger partial charge in [-0.2, -0.15) is 0 Å². The van der Waals surface area contributed by atoms with E-state index in [0.29, 0.717) is 5.69 Å². The number of methoxy groups -OCH3 is 1. The Morgan fingerprint density at radius 2 is 1.85 bits per heavy atom. The standard InChI is InChI=1S/C15H18BrNO3/c1-15(2,3)13(18)9-12(14(19)20-4)17-11-8-6-5-7-10(11)16/h5-8H,9H2,1-4H3. The monoisotopic (exact) mass is 339 g/mol. The lowest BCUT2D eigenvalue weighted by Gasteiger charge is -2.16. The number of carbonyl (C=O) groups is 2. The van der Waals surface area contributed by atoms with Crippen molar-refractivity contribution >= 4 is 39.1 Å². The number of hydrogen-bond acceptors (Lipinski definition) is 4. The minimum absolute atomic E-state index is 0.0441. The first-order valence-electron chi connectivity index (χ1n) is 6.19. The van der Waals surface area contributed by atoms with Crippen molar-refractivity contribution in [3.63, 3.8) is 0 Å². The average molecular weight is 340 g/mol. The molecule has 5 heteroatoms. The zero-order chi connectivity index (χ0) is 15.3. The predicted molar refractivity (Wildman–Crippen MR) is 82.3 cm³/mol. The van der Waals surface area contributed by atoms with E-state index >= 15 is 0 Å². The molecule has 0 aliphatic heterocycles. The van der Waals surface area contributed by atoms with Gasteiger partial charge < -0.3 is 4.74 Å². The molecule has 1 aromatic carbocycles. The van der Waals surface area contributed by atoms with E-state index < -0.39 is 11.4 Å². The van der Waals surface area contributed by atoms with Gasteiger partial charge in [0, 0.05) is 9.89 Å². The van der Waals surface area contributed by atoms with E-state index in [2.05, 4.69) is 20.9 Å². The molecule has 0 atom stereocenters. The number of halogens is 1. The molecule has 0 aliphatic carbocycles. The Labute approximate surface area is 127 Å². The third kappa shape index (κ3) is 4.56. The maximum Gasteiger partial charge on any atom is 0.352 e. The van der Waals surface area contributed by atoms with Gasteiger partial charge in [-0.1, -0.05) is 32.9 Å². The summed E-state index contributed by atoms with van der Waals surface area (Å²) >= 11 is 3.36. The normalized spacial score (nSPS) is 12.2. The van der Waals surface area contributed by atoms with Crippen LogP contribution in [0.15, 0.2) is 33.7 Å². The highest BCUT2D eigenvalue weighted by atomic mass is 79.9. The van der Waals surface area contributed by atoms with Crippen molar-refractivity contribution in [2.45, 2.75) is 27.2 Å². The van der Waals surface area contributed by atoms with Crippen LogP contribution in [0, 0.1) is 5.41 Å². The molecule has 0 unspecified atom stereocenters. The summed E-state index contributed by atoms with van der Waals surface area (Å²) in [6, 6.07) is 7.24. The minimum atomic E-state index is -0.585. The molecule has 0 amide bonds. The van der Waals surface area contributed by atoms with Crippen molar-refractivity contribution in [2.24, 2.45) is 10.4 Å². The van der Waals surface area contributed by atoms with Gasteiger partial charge in [0.2, 0.25) is 0 Å². The largest absolute Gasteiger partial charge is 0.465 e. The lowest BCUT2D eigenvalue weighted by Crippen LogP contribution is -2.27. The van der Waals surface area contributed by atoms with Crippen LogP contribution in [0.4, 0.5) is 5.69 Å². The maximum absolute atomic E-state index is 12.1. The lowest BCUT2D eigenvalue weighted by atomic mass is 9.88.